The van der Waals surface area contributed by atoms with Crippen molar-refractivity contribution < 1.29 is 4.74 Å². The van der Waals surface area contributed by atoms with E-state index in [-0.39, 0.29) is 11.7 Å². The summed E-state index contributed by atoms with van der Waals surface area (Å²) in [6.45, 7) is 8.26. The fraction of sp³-hybridized carbons (Fsp3) is 0.429. The number of ether oxygens (including phenoxy) is 1. The summed E-state index contributed by atoms with van der Waals surface area (Å²) in [5.41, 5.74) is 1.17. The van der Waals surface area contributed by atoms with Gasteiger partial charge in [0, 0.05) is 9.84 Å². The van der Waals surface area contributed by atoms with Crippen LogP contribution in [0.3, 0.4) is 0 Å². The van der Waals surface area contributed by atoms with E-state index in [2.05, 4.69) is 67.3 Å². The molecule has 0 spiro atoms. The summed E-state index contributed by atoms with van der Waals surface area (Å²) in [5, 5.41) is 0. The number of hydrogen-bond acceptors (Lipinski definition) is 1. The molecule has 0 amide bonds. The Hall–Kier alpha value is -0.350. The molecule has 0 aliphatic carbocycles. The minimum Gasteiger partial charge on any atom is -0.366 e. The van der Waals surface area contributed by atoms with Crippen LogP contribution in [0.5, 0.6) is 0 Å². The highest BCUT2D eigenvalue weighted by Gasteiger charge is 2.47. The quantitative estimate of drug-likeness (QED) is 0.450. The molecule has 1 saturated heterocycles. The first-order chi connectivity index (χ1) is 7.56. The minimum atomic E-state index is -0.0834. The predicted octanol–water partition coefficient (Wildman–Crippen LogP) is 4.14. The van der Waals surface area contributed by atoms with Gasteiger partial charge in [-0.2, -0.15) is 0 Å². The normalized spacial score (nSPS) is 32.6. The number of alkyl halides is 1. The standard InChI is InChI=1S/C14H17IO/c1-4-11-12(10-8-6-5-7-9-10)16-14(2,3)13(11)15/h4-9,11-13H,1H2,2-3H3/t11-,12+,13+/m0/s1. The smallest absolute Gasteiger partial charge is 0.0906 e. The summed E-state index contributed by atoms with van der Waals surface area (Å²) in [6, 6.07) is 10.4. The van der Waals surface area contributed by atoms with Crippen LogP contribution in [0, 0.1) is 5.92 Å². The first-order valence-electron chi connectivity index (χ1n) is 5.55. The number of hydrogen-bond donors (Lipinski definition) is 0. The van der Waals surface area contributed by atoms with Crippen LogP contribution in [-0.2, 0) is 4.74 Å². The summed E-state index contributed by atoms with van der Waals surface area (Å²) in [4.78, 5) is 0. The second-order valence-corrected chi connectivity index (χ2v) is 6.11. The van der Waals surface area contributed by atoms with Crippen molar-refractivity contribution in [2.75, 3.05) is 0 Å². The molecule has 86 valence electrons. The van der Waals surface area contributed by atoms with Gasteiger partial charge < -0.3 is 4.74 Å². The molecule has 1 fully saturated rings. The highest BCUT2D eigenvalue weighted by atomic mass is 127. The van der Waals surface area contributed by atoms with Gasteiger partial charge in [0.05, 0.1) is 11.7 Å². The van der Waals surface area contributed by atoms with E-state index in [9.17, 15) is 0 Å². The second-order valence-electron chi connectivity index (χ2n) is 4.77. The highest BCUT2D eigenvalue weighted by Crippen LogP contribution is 2.48. The van der Waals surface area contributed by atoms with Crippen molar-refractivity contribution in [1.29, 1.82) is 0 Å². The van der Waals surface area contributed by atoms with Gasteiger partial charge in [0.25, 0.3) is 0 Å². The fourth-order valence-corrected chi connectivity index (χ4v) is 3.08. The van der Waals surface area contributed by atoms with Crippen LogP contribution in [-0.4, -0.2) is 9.53 Å². The van der Waals surface area contributed by atoms with E-state index < -0.39 is 0 Å². The van der Waals surface area contributed by atoms with E-state index in [1.165, 1.54) is 5.56 Å². The third-order valence-corrected chi connectivity index (χ3v) is 5.51. The maximum Gasteiger partial charge on any atom is 0.0906 e. The molecule has 0 saturated carbocycles. The van der Waals surface area contributed by atoms with Crippen LogP contribution in [0.25, 0.3) is 0 Å². The van der Waals surface area contributed by atoms with Crippen molar-refractivity contribution in [2.45, 2.75) is 29.5 Å². The molecule has 1 aliphatic heterocycles. The van der Waals surface area contributed by atoms with Gasteiger partial charge in [-0.1, -0.05) is 59.0 Å². The molecule has 1 aromatic rings. The summed E-state index contributed by atoms with van der Waals surface area (Å²) in [5.74, 6) is 0.387. The van der Waals surface area contributed by atoms with Crippen LogP contribution in [0.2, 0.25) is 0 Å². The molecule has 0 bridgehead atoms. The molecule has 1 heterocycles. The number of benzene rings is 1. The van der Waals surface area contributed by atoms with Gasteiger partial charge in [-0.3, -0.25) is 0 Å². The molecule has 3 atom stereocenters. The lowest BCUT2D eigenvalue weighted by molar-refractivity contribution is -0.0174. The Kier molecular flexibility index (Phi) is 3.40. The Morgan fingerprint density at radius 3 is 2.50 bits per heavy atom. The Labute approximate surface area is 111 Å². The molecule has 0 aromatic heterocycles. The van der Waals surface area contributed by atoms with E-state index in [4.69, 9.17) is 4.74 Å². The Balaban J connectivity index is 2.33. The SMILES string of the molecule is C=C[C@H]1[C@@H](c2ccccc2)OC(C)(C)[C@@H]1I. The molecular weight excluding hydrogens is 311 g/mol. The molecule has 1 aromatic carbocycles. The lowest BCUT2D eigenvalue weighted by atomic mass is 9.91. The second kappa shape index (κ2) is 4.49. The summed E-state index contributed by atoms with van der Waals surface area (Å²) < 4.78 is 6.64. The molecule has 1 aliphatic rings. The first kappa shape index (κ1) is 12.1. The van der Waals surface area contributed by atoms with Crippen molar-refractivity contribution >= 4 is 22.6 Å². The van der Waals surface area contributed by atoms with Crippen LogP contribution in [0.4, 0.5) is 0 Å². The molecule has 1 nitrogen and oxygen atoms in total. The molecule has 0 N–H and O–H groups in total. The average molecular weight is 328 g/mol. The van der Waals surface area contributed by atoms with Crippen LogP contribution in [0.1, 0.15) is 25.5 Å². The fourth-order valence-electron chi connectivity index (χ4n) is 2.26. The average Bonchev–Trinajstić information content (AvgIpc) is 2.52. The van der Waals surface area contributed by atoms with Crippen molar-refractivity contribution in [3.05, 3.63) is 48.6 Å². The maximum absolute atomic E-state index is 6.17. The predicted molar refractivity (Wildman–Crippen MR) is 75.8 cm³/mol. The van der Waals surface area contributed by atoms with Gasteiger partial charge in [-0.05, 0) is 19.4 Å². The largest absolute Gasteiger partial charge is 0.366 e. The zero-order valence-corrected chi connectivity index (χ0v) is 11.8. The minimum absolute atomic E-state index is 0.0834. The lowest BCUT2D eigenvalue weighted by Crippen LogP contribution is -2.29. The third kappa shape index (κ3) is 2.05. The summed E-state index contributed by atoms with van der Waals surface area (Å²) >= 11 is 2.48. The van der Waals surface area contributed by atoms with Crippen LogP contribution in [0.15, 0.2) is 43.0 Å². The maximum atomic E-state index is 6.17. The lowest BCUT2D eigenvalue weighted by Gasteiger charge is -2.22. The summed E-state index contributed by atoms with van der Waals surface area (Å²) in [7, 11) is 0. The Morgan fingerprint density at radius 1 is 1.31 bits per heavy atom. The number of halogens is 1. The van der Waals surface area contributed by atoms with E-state index in [0.717, 1.165) is 0 Å². The van der Waals surface area contributed by atoms with Crippen LogP contribution >= 0.6 is 22.6 Å². The molecule has 16 heavy (non-hydrogen) atoms. The molecule has 0 radical (unpaired) electrons. The third-order valence-electron chi connectivity index (χ3n) is 3.18. The van der Waals surface area contributed by atoms with Gasteiger partial charge in [0.15, 0.2) is 0 Å². The Morgan fingerprint density at radius 2 is 1.94 bits per heavy atom. The highest BCUT2D eigenvalue weighted by molar-refractivity contribution is 14.1. The topological polar surface area (TPSA) is 9.23 Å². The molecule has 2 rings (SSSR count). The van der Waals surface area contributed by atoms with Gasteiger partial charge in [0.2, 0.25) is 0 Å². The van der Waals surface area contributed by atoms with Gasteiger partial charge in [-0.25, -0.2) is 0 Å². The van der Waals surface area contributed by atoms with Crippen molar-refractivity contribution in [1.82, 2.24) is 0 Å². The van der Waals surface area contributed by atoms with E-state index in [1.54, 1.807) is 0 Å². The van der Waals surface area contributed by atoms with Gasteiger partial charge in [0.1, 0.15) is 0 Å². The Bertz CT molecular complexity index is 372. The number of rotatable bonds is 2. The molecule has 2 heteroatoms. The van der Waals surface area contributed by atoms with Gasteiger partial charge >= 0.3 is 0 Å². The van der Waals surface area contributed by atoms with Crippen molar-refractivity contribution in [3.63, 3.8) is 0 Å². The van der Waals surface area contributed by atoms with E-state index >= 15 is 0 Å². The van der Waals surface area contributed by atoms with Crippen LogP contribution < -0.4 is 0 Å². The summed E-state index contributed by atoms with van der Waals surface area (Å²) in [6.07, 6.45) is 2.18. The van der Waals surface area contributed by atoms with E-state index in [1.807, 2.05) is 12.1 Å². The van der Waals surface area contributed by atoms with Gasteiger partial charge in [-0.15, -0.1) is 6.58 Å². The monoisotopic (exact) mass is 328 g/mol. The molecular formula is C14H17IO. The van der Waals surface area contributed by atoms with Crippen molar-refractivity contribution in [2.24, 2.45) is 5.92 Å². The zero-order chi connectivity index (χ0) is 11.8. The molecule has 0 unspecified atom stereocenters. The van der Waals surface area contributed by atoms with E-state index in [0.29, 0.717) is 9.84 Å². The first-order valence-corrected chi connectivity index (χ1v) is 6.80. The zero-order valence-electron chi connectivity index (χ0n) is 9.69. The van der Waals surface area contributed by atoms with Crippen molar-refractivity contribution in [3.8, 4) is 0 Å².